The number of nitrogens with zero attached hydrogens (tertiary/aromatic N) is 4. The first-order valence-corrected chi connectivity index (χ1v) is 11.7. The summed E-state index contributed by atoms with van der Waals surface area (Å²) in [6.45, 7) is 0. The zero-order valence-electron chi connectivity index (χ0n) is 20.1. The molecule has 4 aromatic rings. The first kappa shape index (κ1) is 24.3. The van der Waals surface area contributed by atoms with Gasteiger partial charge in [-0.25, -0.2) is 9.80 Å². The molecule has 0 atom stereocenters. The molecule has 0 aliphatic carbocycles. The van der Waals surface area contributed by atoms with Gasteiger partial charge in [-0.2, -0.15) is 0 Å². The number of hydrogen-bond acceptors (Lipinski definition) is 8. The van der Waals surface area contributed by atoms with E-state index in [4.69, 9.17) is 0 Å². The Morgan fingerprint density at radius 1 is 0.475 bits per heavy atom. The maximum Gasteiger partial charge on any atom is 0.271 e. The SMILES string of the molecule is O=C1c2ccc(-c3ccc4c(c3)C(=O)N(c3cccc([N+](=O)[O-])c3)C4=O)cc2C(=O)N1c1cccc([N+](=O)[O-])c1. The second-order valence-corrected chi connectivity index (χ2v) is 8.97. The molecule has 2 aliphatic heterocycles. The lowest BCUT2D eigenvalue weighted by Gasteiger charge is -2.13. The van der Waals surface area contributed by atoms with Crippen LogP contribution in [0.15, 0.2) is 84.9 Å². The fourth-order valence-corrected chi connectivity index (χ4v) is 4.80. The van der Waals surface area contributed by atoms with E-state index in [1.165, 1.54) is 60.7 Å². The normalized spacial score (nSPS) is 14.0. The molecule has 2 aliphatic rings. The molecule has 0 saturated carbocycles. The summed E-state index contributed by atoms with van der Waals surface area (Å²) in [7, 11) is 0. The summed E-state index contributed by atoms with van der Waals surface area (Å²) in [6, 6.07) is 19.4. The van der Waals surface area contributed by atoms with Crippen LogP contribution in [0.25, 0.3) is 11.1 Å². The van der Waals surface area contributed by atoms with E-state index in [-0.39, 0.29) is 45.0 Å². The van der Waals surface area contributed by atoms with Gasteiger partial charge in [0.1, 0.15) is 0 Å². The van der Waals surface area contributed by atoms with Crippen molar-refractivity contribution in [3.63, 3.8) is 0 Å². The molecule has 194 valence electrons. The number of carbonyl (C=O) groups is 4. The average molecular weight is 534 g/mol. The highest BCUT2D eigenvalue weighted by Gasteiger charge is 2.39. The fourth-order valence-electron chi connectivity index (χ4n) is 4.80. The van der Waals surface area contributed by atoms with Gasteiger partial charge in [0.25, 0.3) is 35.0 Å². The summed E-state index contributed by atoms with van der Waals surface area (Å²) in [4.78, 5) is 75.2. The zero-order chi connectivity index (χ0) is 28.3. The van der Waals surface area contributed by atoms with Crippen molar-refractivity contribution >= 4 is 46.4 Å². The highest BCUT2D eigenvalue weighted by atomic mass is 16.6. The lowest BCUT2D eigenvalue weighted by molar-refractivity contribution is -0.385. The Bertz CT molecular complexity index is 1730. The molecule has 0 N–H and O–H groups in total. The molecule has 4 aromatic carbocycles. The molecule has 2 heterocycles. The Morgan fingerprint density at radius 2 is 0.850 bits per heavy atom. The topological polar surface area (TPSA) is 161 Å². The predicted molar refractivity (Wildman–Crippen MR) is 140 cm³/mol. The molecule has 0 radical (unpaired) electrons. The van der Waals surface area contributed by atoms with Gasteiger partial charge in [0.15, 0.2) is 0 Å². The van der Waals surface area contributed by atoms with Gasteiger partial charge in [-0.1, -0.05) is 24.3 Å². The van der Waals surface area contributed by atoms with Gasteiger partial charge in [0.2, 0.25) is 0 Å². The van der Waals surface area contributed by atoms with Gasteiger partial charge in [-0.3, -0.25) is 39.4 Å². The molecule has 12 heteroatoms. The number of amides is 4. The van der Waals surface area contributed by atoms with E-state index in [9.17, 15) is 39.4 Å². The van der Waals surface area contributed by atoms with Crippen LogP contribution in [-0.2, 0) is 0 Å². The number of benzene rings is 4. The van der Waals surface area contributed by atoms with Crippen molar-refractivity contribution in [3.8, 4) is 11.1 Å². The van der Waals surface area contributed by atoms with Gasteiger partial charge >= 0.3 is 0 Å². The number of fused-ring (bicyclic) bond motifs is 2. The smallest absolute Gasteiger partial charge is 0.268 e. The number of non-ortho nitro benzene ring substituents is 2. The van der Waals surface area contributed by atoms with Gasteiger partial charge in [0, 0.05) is 24.3 Å². The molecule has 0 spiro atoms. The van der Waals surface area contributed by atoms with Crippen molar-refractivity contribution in [2.75, 3.05) is 9.80 Å². The van der Waals surface area contributed by atoms with Crippen LogP contribution in [0.2, 0.25) is 0 Å². The fraction of sp³-hybridized carbons (Fsp3) is 0. The third-order valence-electron chi connectivity index (χ3n) is 6.70. The second kappa shape index (κ2) is 8.77. The molecule has 4 amide bonds. The lowest BCUT2D eigenvalue weighted by Crippen LogP contribution is -2.29. The van der Waals surface area contributed by atoms with Crippen LogP contribution in [0.3, 0.4) is 0 Å². The summed E-state index contributed by atoms with van der Waals surface area (Å²) in [6.07, 6.45) is 0. The number of nitro groups is 2. The van der Waals surface area contributed by atoms with Crippen LogP contribution >= 0.6 is 0 Å². The second-order valence-electron chi connectivity index (χ2n) is 8.97. The van der Waals surface area contributed by atoms with Crippen molar-refractivity contribution in [1.29, 1.82) is 0 Å². The molecule has 0 fully saturated rings. The first-order chi connectivity index (χ1) is 19.2. The number of nitro benzene ring substituents is 2. The Kier molecular flexibility index (Phi) is 5.33. The minimum atomic E-state index is -0.661. The quantitative estimate of drug-likeness (QED) is 0.201. The standard InChI is InChI=1S/C28H14N4O8/c33-25-21-9-7-15(11-23(21)27(35)29(25)17-3-1-5-19(13-17)31(37)38)16-8-10-22-24(12-16)28(36)30(26(22)34)18-4-2-6-20(14-18)32(39)40/h1-14H. The van der Waals surface area contributed by atoms with Crippen LogP contribution in [-0.4, -0.2) is 33.5 Å². The van der Waals surface area contributed by atoms with Crippen molar-refractivity contribution < 1.29 is 29.0 Å². The molecule has 0 bridgehead atoms. The highest BCUT2D eigenvalue weighted by Crippen LogP contribution is 2.36. The molecule has 6 rings (SSSR count). The van der Waals surface area contributed by atoms with Gasteiger partial charge in [-0.05, 0) is 47.5 Å². The predicted octanol–water partition coefficient (Wildman–Crippen LogP) is 4.77. The summed E-state index contributed by atoms with van der Waals surface area (Å²) >= 11 is 0. The van der Waals surface area contributed by atoms with Crippen LogP contribution in [0.4, 0.5) is 22.7 Å². The van der Waals surface area contributed by atoms with E-state index in [1.807, 2.05) is 0 Å². The third kappa shape index (κ3) is 3.62. The number of rotatable bonds is 5. The molecule has 0 unspecified atom stereocenters. The van der Waals surface area contributed by atoms with Crippen LogP contribution in [0.1, 0.15) is 41.4 Å². The van der Waals surface area contributed by atoms with Crippen LogP contribution < -0.4 is 9.80 Å². The van der Waals surface area contributed by atoms with E-state index in [2.05, 4.69) is 0 Å². The maximum absolute atomic E-state index is 13.2. The zero-order valence-corrected chi connectivity index (χ0v) is 20.1. The molecule has 12 nitrogen and oxygen atoms in total. The summed E-state index contributed by atoms with van der Waals surface area (Å²) in [5.41, 5.74) is 0.932. The molecular weight excluding hydrogens is 520 g/mol. The highest BCUT2D eigenvalue weighted by molar-refractivity contribution is 6.35. The van der Waals surface area contributed by atoms with E-state index >= 15 is 0 Å². The Balaban J connectivity index is 1.34. The van der Waals surface area contributed by atoms with Crippen molar-refractivity contribution in [3.05, 3.63) is 127 Å². The number of imide groups is 2. The third-order valence-corrected chi connectivity index (χ3v) is 6.70. The Hall–Kier alpha value is -6.04. The van der Waals surface area contributed by atoms with Crippen molar-refractivity contribution in [2.24, 2.45) is 0 Å². The Labute approximate surface area is 224 Å². The number of hydrogen-bond donors (Lipinski definition) is 0. The van der Waals surface area contributed by atoms with Crippen LogP contribution in [0, 0.1) is 20.2 Å². The molecule has 0 aromatic heterocycles. The van der Waals surface area contributed by atoms with Gasteiger partial charge < -0.3 is 0 Å². The van der Waals surface area contributed by atoms with Crippen LogP contribution in [0.5, 0.6) is 0 Å². The molecule has 40 heavy (non-hydrogen) atoms. The molecular formula is C28H14N4O8. The van der Waals surface area contributed by atoms with Crippen molar-refractivity contribution in [2.45, 2.75) is 0 Å². The van der Waals surface area contributed by atoms with Gasteiger partial charge in [-0.15, -0.1) is 0 Å². The largest absolute Gasteiger partial charge is 0.271 e. The minimum Gasteiger partial charge on any atom is -0.268 e. The molecule has 0 saturated heterocycles. The van der Waals surface area contributed by atoms with E-state index in [1.54, 1.807) is 12.1 Å². The summed E-state index contributed by atoms with van der Waals surface area (Å²) in [5, 5.41) is 22.3. The summed E-state index contributed by atoms with van der Waals surface area (Å²) in [5.74, 6) is -2.58. The average Bonchev–Trinajstić information content (AvgIpc) is 3.36. The van der Waals surface area contributed by atoms with E-state index < -0.39 is 33.5 Å². The minimum absolute atomic E-state index is 0.0600. The number of anilines is 2. The van der Waals surface area contributed by atoms with E-state index in [0.29, 0.717) is 11.1 Å². The maximum atomic E-state index is 13.2. The first-order valence-electron chi connectivity index (χ1n) is 11.7. The monoisotopic (exact) mass is 534 g/mol. The summed E-state index contributed by atoms with van der Waals surface area (Å²) < 4.78 is 0. The van der Waals surface area contributed by atoms with E-state index in [0.717, 1.165) is 21.9 Å². The van der Waals surface area contributed by atoms with Crippen molar-refractivity contribution in [1.82, 2.24) is 0 Å². The lowest BCUT2D eigenvalue weighted by atomic mass is 9.97. The Morgan fingerprint density at radius 3 is 1.23 bits per heavy atom. The number of carbonyl (C=O) groups excluding carboxylic acids is 4. The van der Waals surface area contributed by atoms with Gasteiger partial charge in [0.05, 0.1) is 43.5 Å².